The van der Waals surface area contributed by atoms with Crippen LogP contribution in [0.2, 0.25) is 5.15 Å². The number of nitrogens with zero attached hydrogens (tertiary/aromatic N) is 2. The van der Waals surface area contributed by atoms with Gasteiger partial charge in [0.2, 0.25) is 0 Å². The summed E-state index contributed by atoms with van der Waals surface area (Å²) in [5.41, 5.74) is 7.52. The first kappa shape index (κ1) is 9.73. The smallest absolute Gasteiger partial charge is 0.175 e. The Hall–Kier alpha value is -1.81. The number of hydrogen-bond acceptors (Lipinski definition) is 4. The molecule has 0 aliphatic rings. The molecule has 5 heteroatoms. The molecule has 0 amide bonds. The molecule has 0 radical (unpaired) electrons. The summed E-state index contributed by atoms with van der Waals surface area (Å²) in [6.45, 7) is 0. The number of phenolic OH excluding ortho intramolecular Hbond substituents is 1. The molecule has 0 unspecified atom stereocenters. The third-order valence-electron chi connectivity index (χ3n) is 2.00. The summed E-state index contributed by atoms with van der Waals surface area (Å²) in [7, 11) is 0. The molecular weight excluding hydrogens is 214 g/mol. The van der Waals surface area contributed by atoms with Crippen molar-refractivity contribution in [1.82, 2.24) is 10.2 Å². The minimum atomic E-state index is 0.163. The Kier molecular flexibility index (Phi) is 2.43. The van der Waals surface area contributed by atoms with E-state index in [0.717, 1.165) is 5.56 Å². The van der Waals surface area contributed by atoms with Crippen molar-refractivity contribution in [2.45, 2.75) is 0 Å². The van der Waals surface area contributed by atoms with Crippen LogP contribution in [0.4, 0.5) is 5.69 Å². The number of phenols is 1. The van der Waals surface area contributed by atoms with Crippen LogP contribution >= 0.6 is 11.6 Å². The molecule has 1 heterocycles. The Balaban J connectivity index is 2.59. The van der Waals surface area contributed by atoms with Gasteiger partial charge < -0.3 is 10.8 Å². The van der Waals surface area contributed by atoms with E-state index < -0.39 is 0 Å². The zero-order valence-corrected chi connectivity index (χ0v) is 8.44. The van der Waals surface area contributed by atoms with Gasteiger partial charge in [-0.1, -0.05) is 23.7 Å². The number of benzene rings is 1. The normalized spacial score (nSPS) is 10.2. The van der Waals surface area contributed by atoms with Gasteiger partial charge in [0, 0.05) is 5.56 Å². The van der Waals surface area contributed by atoms with Gasteiger partial charge in [0.1, 0.15) is 5.75 Å². The second kappa shape index (κ2) is 3.74. The van der Waals surface area contributed by atoms with Gasteiger partial charge in [-0.05, 0) is 17.7 Å². The monoisotopic (exact) mass is 221 g/mol. The molecule has 0 saturated heterocycles. The lowest BCUT2D eigenvalue weighted by Crippen LogP contribution is -1.95. The molecule has 0 spiro atoms. The fraction of sp³-hybridized carbons (Fsp3) is 0. The van der Waals surface area contributed by atoms with Crippen LogP contribution in [0.15, 0.2) is 30.5 Å². The molecule has 0 aliphatic heterocycles. The number of nitrogen functional groups attached to an aromatic ring is 1. The highest BCUT2D eigenvalue weighted by Gasteiger charge is 2.07. The van der Waals surface area contributed by atoms with Crippen molar-refractivity contribution in [3.63, 3.8) is 0 Å². The van der Waals surface area contributed by atoms with Gasteiger partial charge in [0.15, 0.2) is 5.15 Å². The van der Waals surface area contributed by atoms with E-state index in [1.54, 1.807) is 18.2 Å². The van der Waals surface area contributed by atoms with Gasteiger partial charge in [0.05, 0.1) is 11.9 Å². The first-order valence-electron chi connectivity index (χ1n) is 4.24. The Labute approximate surface area is 91.3 Å². The summed E-state index contributed by atoms with van der Waals surface area (Å²) in [5, 5.41) is 16.8. The molecule has 2 rings (SSSR count). The molecule has 0 bridgehead atoms. The first-order valence-corrected chi connectivity index (χ1v) is 4.62. The molecular formula is C10H8ClN3O. The van der Waals surface area contributed by atoms with Gasteiger partial charge in [0.25, 0.3) is 0 Å². The number of hydrogen-bond donors (Lipinski definition) is 2. The topological polar surface area (TPSA) is 72.0 Å². The van der Waals surface area contributed by atoms with Crippen LogP contribution in [0, 0.1) is 0 Å². The minimum absolute atomic E-state index is 0.163. The highest BCUT2D eigenvalue weighted by atomic mass is 35.5. The molecule has 0 aliphatic carbocycles. The van der Waals surface area contributed by atoms with Crippen LogP contribution in [-0.4, -0.2) is 15.3 Å². The maximum absolute atomic E-state index is 9.32. The zero-order chi connectivity index (χ0) is 10.8. The number of aromatic nitrogens is 2. The van der Waals surface area contributed by atoms with E-state index in [1.807, 2.05) is 6.07 Å². The summed E-state index contributed by atoms with van der Waals surface area (Å²) in [6.07, 6.45) is 1.51. The largest absolute Gasteiger partial charge is 0.508 e. The summed E-state index contributed by atoms with van der Waals surface area (Å²) in [4.78, 5) is 0. The lowest BCUT2D eigenvalue weighted by Gasteiger charge is -2.05. The molecule has 1 aromatic heterocycles. The molecule has 0 fully saturated rings. The average Bonchev–Trinajstić information content (AvgIpc) is 2.22. The van der Waals surface area contributed by atoms with Crippen molar-refractivity contribution in [2.24, 2.45) is 0 Å². The van der Waals surface area contributed by atoms with E-state index in [4.69, 9.17) is 17.3 Å². The third-order valence-corrected chi connectivity index (χ3v) is 2.28. The summed E-state index contributed by atoms with van der Waals surface area (Å²) >= 11 is 5.74. The maximum atomic E-state index is 9.32. The highest BCUT2D eigenvalue weighted by molar-refractivity contribution is 6.32. The van der Waals surface area contributed by atoms with Crippen molar-refractivity contribution in [2.75, 3.05) is 5.73 Å². The minimum Gasteiger partial charge on any atom is -0.508 e. The highest BCUT2D eigenvalue weighted by Crippen LogP contribution is 2.30. The number of aromatic hydroxyl groups is 1. The molecule has 15 heavy (non-hydrogen) atoms. The van der Waals surface area contributed by atoms with E-state index in [0.29, 0.717) is 11.3 Å². The Morgan fingerprint density at radius 1 is 1.33 bits per heavy atom. The van der Waals surface area contributed by atoms with Crippen molar-refractivity contribution >= 4 is 17.3 Å². The van der Waals surface area contributed by atoms with Gasteiger partial charge in [-0.3, -0.25) is 0 Å². The van der Waals surface area contributed by atoms with Crippen molar-refractivity contribution < 1.29 is 5.11 Å². The number of halogens is 1. The fourth-order valence-electron chi connectivity index (χ4n) is 1.28. The van der Waals surface area contributed by atoms with Gasteiger partial charge in [-0.15, -0.1) is 5.10 Å². The van der Waals surface area contributed by atoms with Crippen LogP contribution in [0.3, 0.4) is 0 Å². The lowest BCUT2D eigenvalue weighted by atomic mass is 10.1. The predicted octanol–water partition coefficient (Wildman–Crippen LogP) is 2.08. The van der Waals surface area contributed by atoms with Crippen molar-refractivity contribution in [1.29, 1.82) is 0 Å². The quantitative estimate of drug-likeness (QED) is 0.774. The Morgan fingerprint density at radius 2 is 2.13 bits per heavy atom. The third kappa shape index (κ3) is 1.85. The second-order valence-electron chi connectivity index (χ2n) is 3.01. The van der Waals surface area contributed by atoms with E-state index >= 15 is 0 Å². The SMILES string of the molecule is Nc1c(-c2cccc(O)c2)cnnc1Cl. The molecule has 1 aromatic carbocycles. The van der Waals surface area contributed by atoms with Crippen LogP contribution in [-0.2, 0) is 0 Å². The molecule has 0 saturated carbocycles. The number of nitrogens with two attached hydrogens (primary N) is 1. The number of anilines is 1. The first-order chi connectivity index (χ1) is 7.18. The van der Waals surface area contributed by atoms with E-state index in [2.05, 4.69) is 10.2 Å². The molecule has 4 nitrogen and oxygen atoms in total. The van der Waals surface area contributed by atoms with Crippen LogP contribution in [0.5, 0.6) is 5.75 Å². The Bertz CT molecular complexity index is 502. The zero-order valence-electron chi connectivity index (χ0n) is 7.68. The molecule has 76 valence electrons. The second-order valence-corrected chi connectivity index (χ2v) is 3.37. The van der Waals surface area contributed by atoms with Crippen LogP contribution in [0.1, 0.15) is 0 Å². The maximum Gasteiger partial charge on any atom is 0.175 e. The van der Waals surface area contributed by atoms with Gasteiger partial charge >= 0.3 is 0 Å². The van der Waals surface area contributed by atoms with Crippen LogP contribution < -0.4 is 5.73 Å². The summed E-state index contributed by atoms with van der Waals surface area (Å²) in [6, 6.07) is 6.70. The Morgan fingerprint density at radius 3 is 2.87 bits per heavy atom. The molecule has 0 atom stereocenters. The van der Waals surface area contributed by atoms with Crippen molar-refractivity contribution in [3.05, 3.63) is 35.6 Å². The summed E-state index contributed by atoms with van der Waals surface area (Å²) in [5.74, 6) is 0.167. The predicted molar refractivity (Wildman–Crippen MR) is 58.6 cm³/mol. The lowest BCUT2D eigenvalue weighted by molar-refractivity contribution is 0.475. The molecule has 3 N–H and O–H groups in total. The van der Waals surface area contributed by atoms with Crippen LogP contribution in [0.25, 0.3) is 11.1 Å². The van der Waals surface area contributed by atoms with Crippen molar-refractivity contribution in [3.8, 4) is 16.9 Å². The fourth-order valence-corrected chi connectivity index (χ4v) is 1.42. The summed E-state index contributed by atoms with van der Waals surface area (Å²) < 4.78 is 0. The number of rotatable bonds is 1. The molecule has 2 aromatic rings. The average molecular weight is 222 g/mol. The van der Waals surface area contributed by atoms with E-state index in [9.17, 15) is 5.11 Å². The van der Waals surface area contributed by atoms with E-state index in [-0.39, 0.29) is 10.9 Å². The van der Waals surface area contributed by atoms with E-state index in [1.165, 1.54) is 6.20 Å². The standard InChI is InChI=1S/C10H8ClN3O/c11-10-9(12)8(5-13-14-10)6-2-1-3-7(15)4-6/h1-5,15H,(H2,12,13). The van der Waals surface area contributed by atoms with Gasteiger partial charge in [-0.25, -0.2) is 0 Å². The van der Waals surface area contributed by atoms with Gasteiger partial charge in [-0.2, -0.15) is 5.10 Å².